The summed E-state index contributed by atoms with van der Waals surface area (Å²) in [6.45, 7) is 10.3. The lowest BCUT2D eigenvalue weighted by Gasteiger charge is -2.47. The van der Waals surface area contributed by atoms with E-state index < -0.39 is 0 Å². The normalized spacial score (nSPS) is 19.5. The van der Waals surface area contributed by atoms with Crippen molar-refractivity contribution < 1.29 is 0 Å². The SMILES string of the molecule is CCN1c2ccc(C=Nc3ccc(Br)cc3)cc2[C@H](C)CC1(C)C. The average Bonchev–Trinajstić information content (AvgIpc) is 2.54. The zero-order valence-electron chi connectivity index (χ0n) is 14.9. The summed E-state index contributed by atoms with van der Waals surface area (Å²) in [4.78, 5) is 7.13. The van der Waals surface area contributed by atoms with Gasteiger partial charge in [0, 0.05) is 28.5 Å². The second-order valence-electron chi connectivity index (χ2n) is 7.21. The molecule has 0 amide bonds. The Labute approximate surface area is 153 Å². The zero-order chi connectivity index (χ0) is 17.3. The van der Waals surface area contributed by atoms with E-state index >= 15 is 0 Å². The first-order valence-corrected chi connectivity index (χ1v) is 9.41. The molecule has 0 aromatic heterocycles. The molecule has 2 aromatic carbocycles. The van der Waals surface area contributed by atoms with Gasteiger partial charge in [-0.15, -0.1) is 0 Å². The number of anilines is 1. The van der Waals surface area contributed by atoms with Crippen LogP contribution in [0.4, 0.5) is 11.4 Å². The summed E-state index contributed by atoms with van der Waals surface area (Å²) in [6, 6.07) is 14.8. The molecule has 1 aliphatic heterocycles. The molecule has 0 saturated carbocycles. The van der Waals surface area contributed by atoms with Gasteiger partial charge in [0.2, 0.25) is 0 Å². The molecular formula is C21H25BrN2. The maximum absolute atomic E-state index is 4.60. The van der Waals surface area contributed by atoms with Crippen LogP contribution in [-0.4, -0.2) is 18.3 Å². The monoisotopic (exact) mass is 384 g/mol. The molecule has 0 fully saturated rings. The Morgan fingerprint density at radius 3 is 2.58 bits per heavy atom. The van der Waals surface area contributed by atoms with Gasteiger partial charge >= 0.3 is 0 Å². The van der Waals surface area contributed by atoms with Crippen LogP contribution in [0, 0.1) is 0 Å². The highest BCUT2D eigenvalue weighted by Crippen LogP contribution is 2.43. The molecule has 0 unspecified atom stereocenters. The second-order valence-corrected chi connectivity index (χ2v) is 8.13. The molecule has 2 aromatic rings. The third-order valence-corrected chi connectivity index (χ3v) is 5.44. The van der Waals surface area contributed by atoms with Gasteiger partial charge in [-0.2, -0.15) is 0 Å². The Kier molecular flexibility index (Phi) is 4.82. The van der Waals surface area contributed by atoms with Crippen molar-refractivity contribution in [3.63, 3.8) is 0 Å². The number of aliphatic imine (C=N–C) groups is 1. The summed E-state index contributed by atoms with van der Waals surface area (Å²) < 4.78 is 1.08. The van der Waals surface area contributed by atoms with Crippen molar-refractivity contribution in [2.45, 2.75) is 45.6 Å². The minimum absolute atomic E-state index is 0.216. The molecule has 0 aliphatic carbocycles. The van der Waals surface area contributed by atoms with Crippen molar-refractivity contribution in [2.24, 2.45) is 4.99 Å². The van der Waals surface area contributed by atoms with E-state index in [0.717, 1.165) is 16.7 Å². The van der Waals surface area contributed by atoms with Crippen molar-refractivity contribution >= 4 is 33.5 Å². The van der Waals surface area contributed by atoms with E-state index in [1.807, 2.05) is 30.5 Å². The molecular weight excluding hydrogens is 360 g/mol. The molecule has 1 heterocycles. The summed E-state index contributed by atoms with van der Waals surface area (Å²) in [5.74, 6) is 0.568. The minimum Gasteiger partial charge on any atom is -0.366 e. The smallest absolute Gasteiger partial charge is 0.0630 e. The fourth-order valence-electron chi connectivity index (χ4n) is 3.86. The van der Waals surface area contributed by atoms with Crippen molar-refractivity contribution in [1.82, 2.24) is 0 Å². The van der Waals surface area contributed by atoms with Gasteiger partial charge in [0.25, 0.3) is 0 Å². The van der Waals surface area contributed by atoms with Crippen LogP contribution in [0.3, 0.4) is 0 Å². The zero-order valence-corrected chi connectivity index (χ0v) is 16.5. The van der Waals surface area contributed by atoms with Gasteiger partial charge in [0.1, 0.15) is 0 Å². The number of hydrogen-bond acceptors (Lipinski definition) is 2. The molecule has 0 bridgehead atoms. The van der Waals surface area contributed by atoms with Crippen LogP contribution in [0.25, 0.3) is 0 Å². The van der Waals surface area contributed by atoms with Gasteiger partial charge < -0.3 is 4.90 Å². The highest BCUT2D eigenvalue weighted by atomic mass is 79.9. The van der Waals surface area contributed by atoms with Crippen LogP contribution < -0.4 is 4.90 Å². The van der Waals surface area contributed by atoms with E-state index in [2.05, 4.69) is 71.7 Å². The Morgan fingerprint density at radius 1 is 1.21 bits per heavy atom. The summed E-state index contributed by atoms with van der Waals surface area (Å²) in [7, 11) is 0. The quantitative estimate of drug-likeness (QED) is 0.565. The van der Waals surface area contributed by atoms with Gasteiger partial charge in [-0.05, 0) is 80.6 Å². The highest BCUT2D eigenvalue weighted by molar-refractivity contribution is 9.10. The van der Waals surface area contributed by atoms with E-state index in [1.165, 1.54) is 23.2 Å². The largest absolute Gasteiger partial charge is 0.366 e. The molecule has 0 N–H and O–H groups in total. The molecule has 1 atom stereocenters. The van der Waals surface area contributed by atoms with Gasteiger partial charge in [-0.1, -0.05) is 28.9 Å². The number of hydrogen-bond donors (Lipinski definition) is 0. The minimum atomic E-state index is 0.216. The molecule has 126 valence electrons. The van der Waals surface area contributed by atoms with Crippen LogP contribution >= 0.6 is 15.9 Å². The van der Waals surface area contributed by atoms with E-state index in [0.29, 0.717) is 5.92 Å². The van der Waals surface area contributed by atoms with E-state index in [4.69, 9.17) is 0 Å². The van der Waals surface area contributed by atoms with Crippen LogP contribution in [0.2, 0.25) is 0 Å². The topological polar surface area (TPSA) is 15.6 Å². The molecule has 1 aliphatic rings. The summed E-state index contributed by atoms with van der Waals surface area (Å²) in [5, 5.41) is 0. The third kappa shape index (κ3) is 3.41. The Morgan fingerprint density at radius 2 is 1.92 bits per heavy atom. The molecule has 3 heteroatoms. The molecule has 0 radical (unpaired) electrons. The van der Waals surface area contributed by atoms with Crippen molar-refractivity contribution in [3.8, 4) is 0 Å². The highest BCUT2D eigenvalue weighted by Gasteiger charge is 2.35. The fraction of sp³-hybridized carbons (Fsp3) is 0.381. The van der Waals surface area contributed by atoms with Gasteiger partial charge in [-0.3, -0.25) is 4.99 Å². The summed E-state index contributed by atoms with van der Waals surface area (Å²) in [5.41, 5.74) is 5.17. The van der Waals surface area contributed by atoms with Crippen LogP contribution in [0.15, 0.2) is 51.9 Å². The number of rotatable bonds is 3. The van der Waals surface area contributed by atoms with Gasteiger partial charge in [0.15, 0.2) is 0 Å². The van der Waals surface area contributed by atoms with Gasteiger partial charge in [0.05, 0.1) is 5.69 Å². The lowest BCUT2D eigenvalue weighted by atomic mass is 9.79. The molecule has 0 spiro atoms. The molecule has 24 heavy (non-hydrogen) atoms. The number of benzene rings is 2. The van der Waals surface area contributed by atoms with E-state index in [-0.39, 0.29) is 5.54 Å². The van der Waals surface area contributed by atoms with Gasteiger partial charge in [-0.25, -0.2) is 0 Å². The predicted molar refractivity (Wildman–Crippen MR) is 108 cm³/mol. The Bertz CT molecular complexity index is 747. The van der Waals surface area contributed by atoms with Crippen LogP contribution in [0.1, 0.15) is 51.2 Å². The lowest BCUT2D eigenvalue weighted by Crippen LogP contribution is -2.48. The molecule has 0 saturated heterocycles. The summed E-state index contributed by atoms with van der Waals surface area (Å²) in [6.07, 6.45) is 3.15. The first kappa shape index (κ1) is 17.2. The molecule has 3 rings (SSSR count). The fourth-order valence-corrected chi connectivity index (χ4v) is 4.13. The predicted octanol–water partition coefficient (Wildman–Crippen LogP) is 6.31. The lowest BCUT2D eigenvalue weighted by molar-refractivity contribution is 0.381. The average molecular weight is 385 g/mol. The molecule has 2 nitrogen and oxygen atoms in total. The summed E-state index contributed by atoms with van der Waals surface area (Å²) >= 11 is 3.45. The number of halogens is 1. The number of nitrogens with zero attached hydrogens (tertiary/aromatic N) is 2. The van der Waals surface area contributed by atoms with Crippen molar-refractivity contribution in [3.05, 3.63) is 58.1 Å². The maximum Gasteiger partial charge on any atom is 0.0630 e. The van der Waals surface area contributed by atoms with E-state index in [1.54, 1.807) is 0 Å². The Hall–Kier alpha value is -1.61. The second kappa shape index (κ2) is 6.72. The standard InChI is InChI=1S/C21H25BrN2/c1-5-24-20-11-6-16(12-19(20)15(2)13-21(24,3)4)14-23-18-9-7-17(22)8-10-18/h6-12,14-15H,5,13H2,1-4H3/t15-/m1/s1. The third-order valence-electron chi connectivity index (χ3n) is 4.92. The van der Waals surface area contributed by atoms with Crippen molar-refractivity contribution in [2.75, 3.05) is 11.4 Å². The first-order valence-electron chi connectivity index (χ1n) is 8.62. The number of fused-ring (bicyclic) bond motifs is 1. The van der Waals surface area contributed by atoms with Crippen LogP contribution in [-0.2, 0) is 0 Å². The Balaban J connectivity index is 1.91. The first-order chi connectivity index (χ1) is 11.4. The van der Waals surface area contributed by atoms with Crippen molar-refractivity contribution in [1.29, 1.82) is 0 Å². The van der Waals surface area contributed by atoms with Crippen LogP contribution in [0.5, 0.6) is 0 Å². The van der Waals surface area contributed by atoms with E-state index in [9.17, 15) is 0 Å². The maximum atomic E-state index is 4.60.